The van der Waals surface area contributed by atoms with Gasteiger partial charge in [0.25, 0.3) is 0 Å². The number of carboxylic acids is 1. The van der Waals surface area contributed by atoms with Gasteiger partial charge in [-0.25, -0.2) is 4.79 Å². The van der Waals surface area contributed by atoms with Crippen LogP contribution in [0.25, 0.3) is 0 Å². The lowest BCUT2D eigenvalue weighted by Crippen LogP contribution is -2.46. The summed E-state index contributed by atoms with van der Waals surface area (Å²) >= 11 is 0. The summed E-state index contributed by atoms with van der Waals surface area (Å²) in [4.78, 5) is 35.9. The summed E-state index contributed by atoms with van der Waals surface area (Å²) in [5.74, 6) is -1.58. The topological polar surface area (TPSA) is 95.5 Å². The van der Waals surface area contributed by atoms with Crippen molar-refractivity contribution in [2.75, 3.05) is 6.54 Å². The summed E-state index contributed by atoms with van der Waals surface area (Å²) in [6.07, 6.45) is 4.32. The molecule has 0 saturated heterocycles. The largest absolute Gasteiger partial charge is 0.480 e. The van der Waals surface area contributed by atoms with Crippen LogP contribution in [0.4, 0.5) is 0 Å². The molecule has 0 radical (unpaired) electrons. The molecular formula is C21H28N2O4. The number of fused-ring (bicyclic) bond motifs is 2. The van der Waals surface area contributed by atoms with E-state index in [0.29, 0.717) is 6.42 Å². The fourth-order valence-electron chi connectivity index (χ4n) is 4.40. The summed E-state index contributed by atoms with van der Waals surface area (Å²) in [6, 6.07) is 7.39. The molecule has 3 N–H and O–H groups in total. The van der Waals surface area contributed by atoms with E-state index in [0.717, 1.165) is 25.7 Å². The Labute approximate surface area is 159 Å². The van der Waals surface area contributed by atoms with E-state index in [-0.39, 0.29) is 29.7 Å². The van der Waals surface area contributed by atoms with Crippen LogP contribution in [-0.4, -0.2) is 35.5 Å². The van der Waals surface area contributed by atoms with Crippen LogP contribution in [-0.2, 0) is 26.2 Å². The van der Waals surface area contributed by atoms with Crippen molar-refractivity contribution >= 4 is 17.8 Å². The summed E-state index contributed by atoms with van der Waals surface area (Å²) in [5, 5.41) is 14.4. The first kappa shape index (κ1) is 19.4. The maximum atomic E-state index is 12.6. The standard InChI is InChI=1S/C21H28N2O4/c1-13(2)10-17(20(26)27)23-18(24)12-22-19(25)16-11-21(16)9-5-7-14-6-3-4-8-15(14)21/h3-4,6,8,13,16-17H,5,7,9-12H2,1-2H3,(H,22,25)(H,23,24)(H,26,27)/t16?,17-,21?/m0/s1. The van der Waals surface area contributed by atoms with E-state index in [2.05, 4.69) is 22.8 Å². The molecule has 6 nitrogen and oxygen atoms in total. The fourth-order valence-corrected chi connectivity index (χ4v) is 4.40. The number of carboxylic acid groups (broad SMARTS) is 1. The number of hydrogen-bond donors (Lipinski definition) is 3. The Morgan fingerprint density at radius 3 is 2.70 bits per heavy atom. The molecular weight excluding hydrogens is 344 g/mol. The van der Waals surface area contributed by atoms with Crippen molar-refractivity contribution in [1.82, 2.24) is 10.6 Å². The van der Waals surface area contributed by atoms with Gasteiger partial charge in [0, 0.05) is 11.3 Å². The van der Waals surface area contributed by atoms with Gasteiger partial charge in [0.1, 0.15) is 6.04 Å². The van der Waals surface area contributed by atoms with Gasteiger partial charge in [0.05, 0.1) is 6.54 Å². The molecule has 1 fully saturated rings. The Balaban J connectivity index is 1.54. The van der Waals surface area contributed by atoms with Gasteiger partial charge in [-0.05, 0) is 49.1 Å². The molecule has 27 heavy (non-hydrogen) atoms. The van der Waals surface area contributed by atoms with E-state index < -0.39 is 17.9 Å². The van der Waals surface area contributed by atoms with Crippen molar-refractivity contribution in [2.45, 2.75) is 57.4 Å². The van der Waals surface area contributed by atoms with Crippen molar-refractivity contribution in [3.63, 3.8) is 0 Å². The van der Waals surface area contributed by atoms with Gasteiger partial charge in [-0.3, -0.25) is 9.59 Å². The minimum absolute atomic E-state index is 0.0728. The van der Waals surface area contributed by atoms with E-state index in [1.54, 1.807) is 0 Å². The maximum absolute atomic E-state index is 12.6. The molecule has 3 atom stereocenters. The van der Waals surface area contributed by atoms with Crippen LogP contribution < -0.4 is 10.6 Å². The van der Waals surface area contributed by atoms with Gasteiger partial charge in [-0.2, -0.15) is 0 Å². The second-order valence-electron chi connectivity index (χ2n) is 8.23. The predicted molar refractivity (Wildman–Crippen MR) is 101 cm³/mol. The first-order valence-corrected chi connectivity index (χ1v) is 9.72. The maximum Gasteiger partial charge on any atom is 0.326 e. The Bertz CT molecular complexity index is 745. The SMILES string of the molecule is CC(C)C[C@H](NC(=O)CNC(=O)C1CC12CCCc1ccccc12)C(=O)O. The lowest BCUT2D eigenvalue weighted by Gasteiger charge is -2.26. The highest BCUT2D eigenvalue weighted by Crippen LogP contribution is 2.60. The van der Waals surface area contributed by atoms with Gasteiger partial charge in [0.2, 0.25) is 11.8 Å². The third-order valence-electron chi connectivity index (χ3n) is 5.78. The number of aryl methyl sites for hydroxylation is 1. The smallest absolute Gasteiger partial charge is 0.326 e. The normalized spacial score (nSPS) is 24.2. The lowest BCUT2D eigenvalue weighted by atomic mass is 9.78. The number of nitrogens with one attached hydrogen (secondary N) is 2. The lowest BCUT2D eigenvalue weighted by molar-refractivity contribution is -0.142. The molecule has 146 valence electrons. The molecule has 6 heteroatoms. The highest BCUT2D eigenvalue weighted by molar-refractivity contribution is 5.90. The van der Waals surface area contributed by atoms with E-state index in [1.165, 1.54) is 11.1 Å². The van der Waals surface area contributed by atoms with Crippen molar-refractivity contribution in [3.8, 4) is 0 Å². The van der Waals surface area contributed by atoms with Crippen molar-refractivity contribution < 1.29 is 19.5 Å². The Hall–Kier alpha value is -2.37. The predicted octanol–water partition coefficient (Wildman–Crippen LogP) is 2.01. The van der Waals surface area contributed by atoms with E-state index in [1.807, 2.05) is 26.0 Å². The van der Waals surface area contributed by atoms with Gasteiger partial charge in [-0.15, -0.1) is 0 Å². The average molecular weight is 372 g/mol. The second-order valence-corrected chi connectivity index (χ2v) is 8.23. The van der Waals surface area contributed by atoms with Gasteiger partial charge < -0.3 is 15.7 Å². The third-order valence-corrected chi connectivity index (χ3v) is 5.78. The van der Waals surface area contributed by atoms with Crippen molar-refractivity contribution in [2.24, 2.45) is 11.8 Å². The number of aliphatic carboxylic acids is 1. The van der Waals surface area contributed by atoms with E-state index >= 15 is 0 Å². The van der Waals surface area contributed by atoms with E-state index in [9.17, 15) is 19.5 Å². The average Bonchev–Trinajstić information content (AvgIpc) is 3.34. The number of benzene rings is 1. The van der Waals surface area contributed by atoms with Crippen LogP contribution in [0, 0.1) is 11.8 Å². The molecule has 0 bridgehead atoms. The zero-order chi connectivity index (χ0) is 19.6. The minimum Gasteiger partial charge on any atom is -0.480 e. The molecule has 1 aromatic carbocycles. The summed E-state index contributed by atoms with van der Waals surface area (Å²) in [7, 11) is 0. The molecule has 2 amide bonds. The van der Waals surface area contributed by atoms with Crippen LogP contribution in [0.3, 0.4) is 0 Å². The molecule has 0 aromatic heterocycles. The van der Waals surface area contributed by atoms with Crippen LogP contribution in [0.15, 0.2) is 24.3 Å². The highest BCUT2D eigenvalue weighted by atomic mass is 16.4. The summed E-state index contributed by atoms with van der Waals surface area (Å²) < 4.78 is 0. The Morgan fingerprint density at radius 1 is 1.26 bits per heavy atom. The number of carbonyl (C=O) groups is 3. The van der Waals surface area contributed by atoms with Gasteiger partial charge in [-0.1, -0.05) is 38.1 Å². The summed E-state index contributed by atoms with van der Waals surface area (Å²) in [6.45, 7) is 3.62. The van der Waals surface area contributed by atoms with Crippen LogP contribution in [0.2, 0.25) is 0 Å². The zero-order valence-corrected chi connectivity index (χ0v) is 16.0. The van der Waals surface area contributed by atoms with Crippen LogP contribution in [0.1, 0.15) is 50.7 Å². The third kappa shape index (κ3) is 4.15. The number of amides is 2. The Morgan fingerprint density at radius 2 is 2.00 bits per heavy atom. The van der Waals surface area contributed by atoms with Crippen molar-refractivity contribution in [3.05, 3.63) is 35.4 Å². The van der Waals surface area contributed by atoms with Crippen molar-refractivity contribution in [1.29, 1.82) is 0 Å². The molecule has 2 aliphatic carbocycles. The zero-order valence-electron chi connectivity index (χ0n) is 16.0. The first-order chi connectivity index (χ1) is 12.8. The highest BCUT2D eigenvalue weighted by Gasteiger charge is 2.59. The molecule has 1 saturated carbocycles. The first-order valence-electron chi connectivity index (χ1n) is 9.72. The molecule has 2 aliphatic rings. The van der Waals surface area contributed by atoms with Gasteiger partial charge >= 0.3 is 5.97 Å². The number of carbonyl (C=O) groups excluding carboxylic acids is 2. The van der Waals surface area contributed by atoms with Crippen LogP contribution >= 0.6 is 0 Å². The second kappa shape index (κ2) is 7.71. The molecule has 0 heterocycles. The van der Waals surface area contributed by atoms with Gasteiger partial charge in [0.15, 0.2) is 0 Å². The molecule has 1 spiro atoms. The molecule has 1 aromatic rings. The Kier molecular flexibility index (Phi) is 5.53. The van der Waals surface area contributed by atoms with Crippen LogP contribution in [0.5, 0.6) is 0 Å². The number of rotatable bonds is 7. The fraction of sp³-hybridized carbons (Fsp3) is 0.571. The molecule has 2 unspecified atom stereocenters. The summed E-state index contributed by atoms with van der Waals surface area (Å²) in [5.41, 5.74) is 2.54. The van der Waals surface area contributed by atoms with E-state index in [4.69, 9.17) is 0 Å². The minimum atomic E-state index is -1.05. The number of hydrogen-bond acceptors (Lipinski definition) is 3. The molecule has 0 aliphatic heterocycles. The monoisotopic (exact) mass is 372 g/mol. The molecule has 3 rings (SSSR count). The quantitative estimate of drug-likeness (QED) is 0.682.